The third kappa shape index (κ3) is 3.33. The number of hydrogen-bond donors (Lipinski definition) is 2. The first-order valence-corrected chi connectivity index (χ1v) is 7.86. The van der Waals surface area contributed by atoms with Gasteiger partial charge in [-0.3, -0.25) is 10.1 Å². The Hall–Kier alpha value is -1.51. The van der Waals surface area contributed by atoms with E-state index < -0.39 is 14.9 Å². The zero-order valence-corrected chi connectivity index (χ0v) is 11.9. The first-order chi connectivity index (χ1) is 9.40. The number of rotatable bonds is 4. The molecule has 0 bridgehead atoms. The van der Waals surface area contributed by atoms with E-state index >= 15 is 0 Å². The number of nitro groups is 1. The zero-order chi connectivity index (χ0) is 14.8. The van der Waals surface area contributed by atoms with Crippen LogP contribution in [0.4, 0.5) is 5.69 Å². The van der Waals surface area contributed by atoms with E-state index in [4.69, 9.17) is 0 Å². The second kappa shape index (κ2) is 5.86. The quantitative estimate of drug-likeness (QED) is 0.636. The highest BCUT2D eigenvalue weighted by Crippen LogP contribution is 2.22. The number of piperidine rings is 1. The van der Waals surface area contributed by atoms with Crippen LogP contribution >= 0.6 is 0 Å². The van der Waals surface area contributed by atoms with Gasteiger partial charge in [-0.05, 0) is 31.9 Å². The van der Waals surface area contributed by atoms with Gasteiger partial charge in [-0.15, -0.1) is 0 Å². The molecule has 1 unspecified atom stereocenters. The third-order valence-corrected chi connectivity index (χ3v) is 4.95. The smallest absolute Gasteiger partial charge is 0.270 e. The Balaban J connectivity index is 2.28. The highest BCUT2D eigenvalue weighted by Gasteiger charge is 2.24. The van der Waals surface area contributed by atoms with E-state index in [1.165, 1.54) is 12.1 Å². The van der Waals surface area contributed by atoms with Crippen molar-refractivity contribution in [1.82, 2.24) is 10.0 Å². The van der Waals surface area contributed by atoms with Crippen molar-refractivity contribution >= 4 is 15.7 Å². The summed E-state index contributed by atoms with van der Waals surface area (Å²) in [7, 11) is -3.74. The maximum Gasteiger partial charge on any atom is 0.270 e. The molecule has 1 aliphatic heterocycles. The fourth-order valence-corrected chi connectivity index (χ4v) is 3.76. The molecule has 0 spiro atoms. The summed E-state index contributed by atoms with van der Waals surface area (Å²) in [4.78, 5) is 10.1. The Morgan fingerprint density at radius 2 is 2.20 bits per heavy atom. The van der Waals surface area contributed by atoms with Crippen molar-refractivity contribution in [1.29, 1.82) is 0 Å². The van der Waals surface area contributed by atoms with Crippen molar-refractivity contribution in [2.75, 3.05) is 13.1 Å². The maximum absolute atomic E-state index is 12.3. The van der Waals surface area contributed by atoms with Crippen LogP contribution in [0.2, 0.25) is 0 Å². The van der Waals surface area contributed by atoms with Gasteiger partial charge in [-0.25, -0.2) is 13.1 Å². The van der Waals surface area contributed by atoms with Gasteiger partial charge in [0, 0.05) is 24.7 Å². The fraction of sp³-hybridized carbons (Fsp3) is 0.500. The van der Waals surface area contributed by atoms with Gasteiger partial charge < -0.3 is 5.32 Å². The maximum atomic E-state index is 12.3. The minimum Gasteiger partial charge on any atom is -0.315 e. The number of benzene rings is 1. The fourth-order valence-electron chi connectivity index (χ4n) is 2.23. The standard InChI is InChI=1S/C12H17N3O4S/c1-9-4-5-11(15(16)17)7-12(9)20(18,19)14-10-3-2-6-13-8-10/h4-5,7,10,13-14H,2-3,6,8H2,1H3. The number of sulfonamides is 1. The van der Waals surface area contributed by atoms with Crippen molar-refractivity contribution in [2.45, 2.75) is 30.7 Å². The molecule has 20 heavy (non-hydrogen) atoms. The Bertz CT molecular complexity index is 609. The molecule has 1 aliphatic rings. The van der Waals surface area contributed by atoms with Crippen molar-refractivity contribution in [3.8, 4) is 0 Å². The molecule has 1 aromatic rings. The van der Waals surface area contributed by atoms with Crippen LogP contribution in [-0.4, -0.2) is 32.5 Å². The average Bonchev–Trinajstić information content (AvgIpc) is 2.39. The molecule has 1 aromatic carbocycles. The van der Waals surface area contributed by atoms with E-state index in [1.54, 1.807) is 6.92 Å². The number of non-ortho nitro benzene ring substituents is 1. The number of aryl methyl sites for hydroxylation is 1. The van der Waals surface area contributed by atoms with E-state index in [9.17, 15) is 18.5 Å². The molecule has 0 aliphatic carbocycles. The summed E-state index contributed by atoms with van der Waals surface area (Å²) < 4.78 is 27.3. The predicted octanol–water partition coefficient (Wildman–Crippen LogP) is 0.934. The van der Waals surface area contributed by atoms with Crippen LogP contribution < -0.4 is 10.0 Å². The minimum atomic E-state index is -3.74. The van der Waals surface area contributed by atoms with Gasteiger partial charge in [0.2, 0.25) is 10.0 Å². The van der Waals surface area contributed by atoms with Crippen molar-refractivity contribution in [2.24, 2.45) is 0 Å². The van der Waals surface area contributed by atoms with Gasteiger partial charge in [0.15, 0.2) is 0 Å². The molecule has 2 rings (SSSR count). The molecular formula is C12H17N3O4S. The Labute approximate surface area is 117 Å². The van der Waals surface area contributed by atoms with E-state index in [0.717, 1.165) is 25.5 Å². The molecule has 1 heterocycles. The van der Waals surface area contributed by atoms with Crippen LogP contribution in [0.5, 0.6) is 0 Å². The molecule has 0 saturated carbocycles. The lowest BCUT2D eigenvalue weighted by molar-refractivity contribution is -0.385. The Morgan fingerprint density at radius 3 is 2.80 bits per heavy atom. The third-order valence-electron chi connectivity index (χ3n) is 3.29. The lowest BCUT2D eigenvalue weighted by Gasteiger charge is -2.23. The molecule has 1 saturated heterocycles. The van der Waals surface area contributed by atoms with Crippen molar-refractivity contribution < 1.29 is 13.3 Å². The summed E-state index contributed by atoms with van der Waals surface area (Å²) >= 11 is 0. The topological polar surface area (TPSA) is 101 Å². The summed E-state index contributed by atoms with van der Waals surface area (Å²) in [6.07, 6.45) is 1.67. The zero-order valence-electron chi connectivity index (χ0n) is 11.1. The molecule has 0 radical (unpaired) electrons. The van der Waals surface area contributed by atoms with Gasteiger partial charge in [-0.1, -0.05) is 6.07 Å². The van der Waals surface area contributed by atoms with E-state index in [0.29, 0.717) is 12.1 Å². The molecule has 110 valence electrons. The molecule has 0 aromatic heterocycles. The normalized spacial score (nSPS) is 19.8. The summed E-state index contributed by atoms with van der Waals surface area (Å²) in [6.45, 7) is 3.08. The first kappa shape index (κ1) is 14.9. The number of nitro benzene ring substituents is 1. The van der Waals surface area contributed by atoms with E-state index in [-0.39, 0.29) is 16.6 Å². The molecule has 7 nitrogen and oxygen atoms in total. The molecule has 2 N–H and O–H groups in total. The lowest BCUT2D eigenvalue weighted by atomic mass is 10.1. The summed E-state index contributed by atoms with van der Waals surface area (Å²) in [5.41, 5.74) is 0.268. The second-order valence-corrected chi connectivity index (χ2v) is 6.55. The summed E-state index contributed by atoms with van der Waals surface area (Å²) in [6, 6.07) is 3.68. The van der Waals surface area contributed by atoms with Crippen LogP contribution in [0.1, 0.15) is 18.4 Å². The van der Waals surface area contributed by atoms with Gasteiger partial charge >= 0.3 is 0 Å². The largest absolute Gasteiger partial charge is 0.315 e. The van der Waals surface area contributed by atoms with E-state index in [2.05, 4.69) is 10.0 Å². The highest BCUT2D eigenvalue weighted by molar-refractivity contribution is 7.89. The number of nitrogens with zero attached hydrogens (tertiary/aromatic N) is 1. The SMILES string of the molecule is Cc1ccc([N+](=O)[O-])cc1S(=O)(=O)NC1CCCNC1. The first-order valence-electron chi connectivity index (χ1n) is 6.38. The van der Waals surface area contributed by atoms with Crippen LogP contribution in [-0.2, 0) is 10.0 Å². The van der Waals surface area contributed by atoms with E-state index in [1.807, 2.05) is 0 Å². The lowest BCUT2D eigenvalue weighted by Crippen LogP contribution is -2.45. The van der Waals surface area contributed by atoms with Gasteiger partial charge in [0.1, 0.15) is 0 Å². The van der Waals surface area contributed by atoms with Crippen molar-refractivity contribution in [3.05, 3.63) is 33.9 Å². The number of nitrogens with one attached hydrogen (secondary N) is 2. The van der Waals surface area contributed by atoms with Gasteiger partial charge in [0.25, 0.3) is 5.69 Å². The number of hydrogen-bond acceptors (Lipinski definition) is 5. The molecule has 8 heteroatoms. The molecule has 1 fully saturated rings. The summed E-state index contributed by atoms with van der Waals surface area (Å²) in [5, 5.41) is 13.9. The minimum absolute atomic E-state index is 0.0303. The second-order valence-electron chi connectivity index (χ2n) is 4.87. The highest BCUT2D eigenvalue weighted by atomic mass is 32.2. The van der Waals surface area contributed by atoms with Crippen molar-refractivity contribution in [3.63, 3.8) is 0 Å². The molecule has 1 atom stereocenters. The summed E-state index contributed by atoms with van der Waals surface area (Å²) in [5.74, 6) is 0. The monoisotopic (exact) mass is 299 g/mol. The van der Waals surface area contributed by atoms with Crippen LogP contribution in [0.3, 0.4) is 0 Å². The molecule has 0 amide bonds. The van der Waals surface area contributed by atoms with Gasteiger partial charge in [-0.2, -0.15) is 0 Å². The average molecular weight is 299 g/mol. The Morgan fingerprint density at radius 1 is 1.45 bits per heavy atom. The molecular weight excluding hydrogens is 282 g/mol. The van der Waals surface area contributed by atoms with Crippen LogP contribution in [0, 0.1) is 17.0 Å². The predicted molar refractivity (Wildman–Crippen MR) is 74.0 cm³/mol. The van der Waals surface area contributed by atoms with Crippen LogP contribution in [0.15, 0.2) is 23.1 Å². The Kier molecular flexibility index (Phi) is 4.36. The van der Waals surface area contributed by atoms with Gasteiger partial charge in [0.05, 0.1) is 9.82 Å². The van der Waals surface area contributed by atoms with Crippen LogP contribution in [0.25, 0.3) is 0 Å².